The molecule has 3 rings (SSSR count). The van der Waals surface area contributed by atoms with Crippen LogP contribution in [0.5, 0.6) is 0 Å². The van der Waals surface area contributed by atoms with Crippen LogP contribution in [-0.4, -0.2) is 9.55 Å². The summed E-state index contributed by atoms with van der Waals surface area (Å²) < 4.78 is 15.9. The van der Waals surface area contributed by atoms with Gasteiger partial charge in [0.05, 0.1) is 21.5 Å². The SMILES string of the molecule is CC(c1ccsc1)n1c(N)nc2cc(F)c(Br)cc21. The van der Waals surface area contributed by atoms with Gasteiger partial charge in [-0.3, -0.25) is 0 Å². The van der Waals surface area contributed by atoms with Gasteiger partial charge in [0.2, 0.25) is 5.95 Å². The number of benzene rings is 1. The van der Waals surface area contributed by atoms with E-state index < -0.39 is 0 Å². The minimum atomic E-state index is -0.333. The quantitative estimate of drug-likeness (QED) is 0.760. The molecule has 6 heteroatoms. The van der Waals surface area contributed by atoms with Crippen molar-refractivity contribution in [3.63, 3.8) is 0 Å². The van der Waals surface area contributed by atoms with Gasteiger partial charge in [0.25, 0.3) is 0 Å². The van der Waals surface area contributed by atoms with E-state index in [2.05, 4.69) is 39.3 Å². The Morgan fingerprint density at radius 1 is 1.47 bits per heavy atom. The number of halogens is 2. The summed E-state index contributed by atoms with van der Waals surface area (Å²) in [6, 6.07) is 5.23. The molecule has 0 radical (unpaired) electrons. The number of aromatic nitrogens is 2. The van der Waals surface area contributed by atoms with Crippen molar-refractivity contribution in [2.45, 2.75) is 13.0 Å². The van der Waals surface area contributed by atoms with E-state index in [9.17, 15) is 4.39 Å². The number of nitrogens with two attached hydrogens (primary N) is 1. The fourth-order valence-electron chi connectivity index (χ4n) is 2.18. The van der Waals surface area contributed by atoms with Gasteiger partial charge in [-0.05, 0) is 51.3 Å². The van der Waals surface area contributed by atoms with E-state index in [-0.39, 0.29) is 11.9 Å². The largest absolute Gasteiger partial charge is 0.369 e. The summed E-state index contributed by atoms with van der Waals surface area (Å²) >= 11 is 4.84. The summed E-state index contributed by atoms with van der Waals surface area (Å²) in [5.41, 5.74) is 8.53. The predicted octanol–water partition coefficient (Wildman–Crippen LogP) is 4.19. The maximum absolute atomic E-state index is 13.5. The minimum Gasteiger partial charge on any atom is -0.369 e. The Bertz CT molecular complexity index is 736. The second-order valence-corrected chi connectivity index (χ2v) is 5.96. The zero-order chi connectivity index (χ0) is 13.6. The molecule has 19 heavy (non-hydrogen) atoms. The molecule has 0 bridgehead atoms. The number of imidazole rings is 1. The average molecular weight is 340 g/mol. The molecular formula is C13H11BrFN3S. The van der Waals surface area contributed by atoms with Gasteiger partial charge in [0.1, 0.15) is 5.82 Å². The fraction of sp³-hybridized carbons (Fsp3) is 0.154. The molecule has 1 unspecified atom stereocenters. The molecule has 98 valence electrons. The van der Waals surface area contributed by atoms with Crippen LogP contribution in [0.1, 0.15) is 18.5 Å². The highest BCUT2D eigenvalue weighted by Gasteiger charge is 2.17. The molecule has 2 aromatic heterocycles. The molecule has 1 aromatic carbocycles. The van der Waals surface area contributed by atoms with E-state index in [4.69, 9.17) is 5.73 Å². The van der Waals surface area contributed by atoms with Crippen LogP contribution in [0.2, 0.25) is 0 Å². The highest BCUT2D eigenvalue weighted by molar-refractivity contribution is 9.10. The van der Waals surface area contributed by atoms with Gasteiger partial charge < -0.3 is 10.3 Å². The van der Waals surface area contributed by atoms with Crippen LogP contribution in [0.15, 0.2) is 33.4 Å². The van der Waals surface area contributed by atoms with E-state index in [1.165, 1.54) is 6.07 Å². The second-order valence-electron chi connectivity index (χ2n) is 4.33. The van der Waals surface area contributed by atoms with Crippen molar-refractivity contribution in [1.29, 1.82) is 0 Å². The maximum atomic E-state index is 13.5. The Morgan fingerprint density at radius 3 is 2.95 bits per heavy atom. The van der Waals surface area contributed by atoms with E-state index >= 15 is 0 Å². The number of rotatable bonds is 2. The molecule has 0 spiro atoms. The van der Waals surface area contributed by atoms with Crippen molar-refractivity contribution in [1.82, 2.24) is 9.55 Å². The summed E-state index contributed by atoms with van der Waals surface area (Å²) in [4.78, 5) is 4.23. The molecule has 1 atom stereocenters. The van der Waals surface area contributed by atoms with Gasteiger partial charge >= 0.3 is 0 Å². The Morgan fingerprint density at radius 2 is 2.26 bits per heavy atom. The molecule has 2 N–H and O–H groups in total. The van der Waals surface area contributed by atoms with E-state index in [0.717, 1.165) is 11.1 Å². The van der Waals surface area contributed by atoms with Crippen molar-refractivity contribution >= 4 is 44.2 Å². The molecule has 0 aliphatic heterocycles. The summed E-state index contributed by atoms with van der Waals surface area (Å²) in [5, 5.41) is 4.10. The van der Waals surface area contributed by atoms with E-state index in [1.54, 1.807) is 17.4 Å². The van der Waals surface area contributed by atoms with Crippen LogP contribution in [0, 0.1) is 5.82 Å². The van der Waals surface area contributed by atoms with Crippen LogP contribution < -0.4 is 5.73 Å². The first kappa shape index (κ1) is 12.6. The zero-order valence-electron chi connectivity index (χ0n) is 10.1. The topological polar surface area (TPSA) is 43.8 Å². The number of thiophene rings is 1. The number of nitrogens with zero attached hydrogens (tertiary/aromatic N) is 2. The highest BCUT2D eigenvalue weighted by Crippen LogP contribution is 2.31. The summed E-state index contributed by atoms with van der Waals surface area (Å²) in [6.07, 6.45) is 0. The number of fused-ring (bicyclic) bond motifs is 1. The van der Waals surface area contributed by atoms with Crippen LogP contribution >= 0.6 is 27.3 Å². The Balaban J connectivity index is 2.23. The first-order valence-corrected chi connectivity index (χ1v) is 7.46. The molecule has 0 aliphatic rings. The summed E-state index contributed by atoms with van der Waals surface area (Å²) in [6.45, 7) is 2.05. The van der Waals surface area contributed by atoms with Crippen molar-refractivity contribution in [3.8, 4) is 0 Å². The summed E-state index contributed by atoms with van der Waals surface area (Å²) in [7, 11) is 0. The zero-order valence-corrected chi connectivity index (χ0v) is 12.5. The minimum absolute atomic E-state index is 0.0635. The van der Waals surface area contributed by atoms with Gasteiger partial charge in [-0.15, -0.1) is 0 Å². The predicted molar refractivity (Wildman–Crippen MR) is 79.9 cm³/mol. The van der Waals surface area contributed by atoms with Crippen molar-refractivity contribution < 1.29 is 4.39 Å². The standard InChI is InChI=1S/C13H11BrFN3S/c1-7(8-2-3-19-6-8)18-12-4-9(14)10(15)5-11(12)17-13(18)16/h2-7H,1H3,(H2,16,17). The Kier molecular flexibility index (Phi) is 3.06. The smallest absolute Gasteiger partial charge is 0.201 e. The van der Waals surface area contributed by atoms with Crippen LogP contribution in [0.3, 0.4) is 0 Å². The molecule has 0 fully saturated rings. The first-order valence-electron chi connectivity index (χ1n) is 5.72. The maximum Gasteiger partial charge on any atom is 0.201 e. The lowest BCUT2D eigenvalue weighted by molar-refractivity contribution is 0.622. The second kappa shape index (κ2) is 4.61. The normalized spacial score (nSPS) is 13.0. The van der Waals surface area contributed by atoms with E-state index in [1.807, 2.05) is 9.95 Å². The van der Waals surface area contributed by atoms with Gasteiger partial charge in [-0.1, -0.05) is 0 Å². The van der Waals surface area contributed by atoms with Crippen molar-refractivity contribution in [3.05, 3.63) is 44.8 Å². The molecular weight excluding hydrogens is 329 g/mol. The molecule has 2 heterocycles. The summed E-state index contributed by atoms with van der Waals surface area (Å²) in [5.74, 6) is 0.0616. The van der Waals surface area contributed by atoms with Gasteiger partial charge in [0.15, 0.2) is 0 Å². The molecule has 3 aromatic rings. The number of nitrogen functional groups attached to an aromatic ring is 1. The van der Waals surface area contributed by atoms with Crippen LogP contribution in [0.4, 0.5) is 10.3 Å². The third kappa shape index (κ3) is 2.04. The highest BCUT2D eigenvalue weighted by atomic mass is 79.9. The third-order valence-corrected chi connectivity index (χ3v) is 4.48. The molecule has 0 saturated heterocycles. The van der Waals surface area contributed by atoms with E-state index in [0.29, 0.717) is 15.9 Å². The monoisotopic (exact) mass is 339 g/mol. The van der Waals surface area contributed by atoms with Gasteiger partial charge in [-0.2, -0.15) is 11.3 Å². The molecule has 0 amide bonds. The lowest BCUT2D eigenvalue weighted by Gasteiger charge is -2.15. The van der Waals surface area contributed by atoms with Gasteiger partial charge in [0, 0.05) is 6.07 Å². The third-order valence-electron chi connectivity index (χ3n) is 3.17. The number of anilines is 1. The molecule has 3 nitrogen and oxygen atoms in total. The molecule has 0 aliphatic carbocycles. The van der Waals surface area contributed by atoms with Crippen molar-refractivity contribution in [2.75, 3.05) is 5.73 Å². The first-order chi connectivity index (χ1) is 9.08. The Labute approximate surface area is 122 Å². The Hall–Kier alpha value is -1.40. The van der Waals surface area contributed by atoms with Crippen molar-refractivity contribution in [2.24, 2.45) is 0 Å². The lowest BCUT2D eigenvalue weighted by Crippen LogP contribution is -2.09. The number of hydrogen-bond acceptors (Lipinski definition) is 3. The lowest BCUT2D eigenvalue weighted by atomic mass is 10.1. The van der Waals surface area contributed by atoms with Crippen LogP contribution in [-0.2, 0) is 0 Å². The fourth-order valence-corrected chi connectivity index (χ4v) is 3.26. The van der Waals surface area contributed by atoms with Gasteiger partial charge in [-0.25, -0.2) is 9.37 Å². The number of hydrogen-bond donors (Lipinski definition) is 1. The van der Waals surface area contributed by atoms with Crippen LogP contribution in [0.25, 0.3) is 11.0 Å². The average Bonchev–Trinajstić information content (AvgIpc) is 2.97. The molecule has 0 saturated carbocycles.